The van der Waals surface area contributed by atoms with E-state index in [9.17, 15) is 17.6 Å². The molecule has 4 aromatic rings. The first-order valence-electron chi connectivity index (χ1n) is 12.6. The molecule has 2 aliphatic rings. The minimum absolute atomic E-state index is 0.0564. The number of ketones is 1. The molecule has 2 heterocycles. The number of hydrogen-bond acceptors (Lipinski definition) is 5. The Morgan fingerprint density at radius 2 is 1.79 bits per heavy atom. The summed E-state index contributed by atoms with van der Waals surface area (Å²) >= 11 is 0. The van der Waals surface area contributed by atoms with Crippen LogP contribution in [0.3, 0.4) is 0 Å². The molecule has 2 aliphatic carbocycles. The number of sulfone groups is 1. The second-order valence-electron chi connectivity index (χ2n) is 10.1. The highest BCUT2D eigenvalue weighted by molar-refractivity contribution is 7.91. The molecule has 192 valence electrons. The highest BCUT2D eigenvalue weighted by Gasteiger charge is 2.51. The number of rotatable bonds is 6. The zero-order valence-corrected chi connectivity index (χ0v) is 21.4. The Morgan fingerprint density at radius 3 is 2.53 bits per heavy atom. The number of fused-ring (bicyclic) bond motifs is 2. The van der Waals surface area contributed by atoms with Crippen molar-refractivity contribution in [1.29, 1.82) is 0 Å². The molecule has 0 bridgehead atoms. The summed E-state index contributed by atoms with van der Waals surface area (Å²) in [7, 11) is -3.52. The van der Waals surface area contributed by atoms with E-state index in [0.29, 0.717) is 30.6 Å². The molecule has 2 aromatic heterocycles. The summed E-state index contributed by atoms with van der Waals surface area (Å²) in [6.45, 7) is 0. The third kappa shape index (κ3) is 4.28. The largest absolute Gasteiger partial charge is 0.291 e. The molecule has 0 unspecified atom stereocenters. The number of carbonyl (C=O) groups excluding carboxylic acids is 1. The topological polar surface area (TPSA) is 81.9 Å². The van der Waals surface area contributed by atoms with Crippen molar-refractivity contribution in [3.05, 3.63) is 119 Å². The van der Waals surface area contributed by atoms with Gasteiger partial charge in [-0.05, 0) is 79.3 Å². The van der Waals surface area contributed by atoms with Gasteiger partial charge in [0.2, 0.25) is 0 Å². The van der Waals surface area contributed by atoms with Crippen molar-refractivity contribution < 1.29 is 17.6 Å². The predicted molar refractivity (Wildman–Crippen MR) is 143 cm³/mol. The monoisotopic (exact) mass is 527 g/mol. The fourth-order valence-electron chi connectivity index (χ4n) is 5.83. The summed E-state index contributed by atoms with van der Waals surface area (Å²) in [6, 6.07) is 20.5. The number of benzene rings is 2. The molecule has 0 amide bonds. The second kappa shape index (κ2) is 9.44. The maximum atomic E-state index is 14.1. The summed E-state index contributed by atoms with van der Waals surface area (Å²) in [4.78, 5) is 18.5. The first kappa shape index (κ1) is 24.4. The van der Waals surface area contributed by atoms with Crippen LogP contribution in [0.1, 0.15) is 46.6 Å². The van der Waals surface area contributed by atoms with E-state index in [2.05, 4.69) is 10.1 Å². The smallest absolute Gasteiger partial charge is 0.191 e. The van der Waals surface area contributed by atoms with Crippen LogP contribution in [-0.2, 0) is 22.0 Å². The molecule has 38 heavy (non-hydrogen) atoms. The molecule has 1 fully saturated rings. The number of halogens is 1. The van der Waals surface area contributed by atoms with Crippen LogP contribution in [0.2, 0.25) is 0 Å². The van der Waals surface area contributed by atoms with Gasteiger partial charge in [-0.2, -0.15) is 5.10 Å². The molecule has 8 heteroatoms. The first-order chi connectivity index (χ1) is 18.4. The Balaban J connectivity index is 1.41. The highest BCUT2D eigenvalue weighted by Crippen LogP contribution is 2.51. The van der Waals surface area contributed by atoms with Crippen molar-refractivity contribution in [3.63, 3.8) is 0 Å². The number of pyridine rings is 1. The van der Waals surface area contributed by atoms with Gasteiger partial charge < -0.3 is 0 Å². The van der Waals surface area contributed by atoms with Crippen LogP contribution in [0.4, 0.5) is 4.39 Å². The molecule has 0 radical (unpaired) electrons. The second-order valence-corrected chi connectivity index (χ2v) is 12.4. The van der Waals surface area contributed by atoms with Crippen LogP contribution >= 0.6 is 0 Å². The van der Waals surface area contributed by atoms with Gasteiger partial charge in [-0.15, -0.1) is 0 Å². The fourth-order valence-corrected chi connectivity index (χ4v) is 7.73. The van der Waals surface area contributed by atoms with Gasteiger partial charge in [0.25, 0.3) is 0 Å². The normalized spacial score (nSPS) is 20.8. The number of allylic oxidation sites excluding steroid dienone is 1. The standard InChI is InChI=1S/C30H26FN3O3S/c31-24-10-12-25(13-11-24)34-28-16-23-9-14-26(38(36,37)20-21-6-2-1-3-7-21)18-30(23,17-22(28)19-33-34)29(35)27-8-4-5-15-32-27/h1-8,10-13,15-16,19,26H,9,14,17-18,20H2/t26-,30+/m1/s1. The van der Waals surface area contributed by atoms with Gasteiger partial charge in [-0.25, -0.2) is 17.5 Å². The van der Waals surface area contributed by atoms with Crippen molar-refractivity contribution in [2.75, 3.05) is 0 Å². The molecule has 0 saturated heterocycles. The van der Waals surface area contributed by atoms with Crippen LogP contribution in [0.5, 0.6) is 0 Å². The zero-order valence-electron chi connectivity index (χ0n) is 20.6. The van der Waals surface area contributed by atoms with Crippen LogP contribution in [-0.4, -0.2) is 34.2 Å². The predicted octanol–water partition coefficient (Wildman–Crippen LogP) is 5.38. The number of nitrogens with zero attached hydrogens (tertiary/aromatic N) is 3. The van der Waals surface area contributed by atoms with Crippen molar-refractivity contribution in [2.45, 2.75) is 36.7 Å². The van der Waals surface area contributed by atoms with Crippen molar-refractivity contribution in [1.82, 2.24) is 14.8 Å². The minimum Gasteiger partial charge on any atom is -0.291 e. The van der Waals surface area contributed by atoms with Gasteiger partial charge in [-0.3, -0.25) is 9.78 Å². The molecule has 2 atom stereocenters. The third-order valence-electron chi connectivity index (χ3n) is 7.74. The Morgan fingerprint density at radius 1 is 1.03 bits per heavy atom. The van der Waals surface area contributed by atoms with Gasteiger partial charge in [0.15, 0.2) is 15.6 Å². The Hall–Kier alpha value is -3.91. The van der Waals surface area contributed by atoms with E-state index in [1.165, 1.54) is 12.1 Å². The SMILES string of the molecule is O=C(c1ccccn1)[C@]12Cc3cnn(-c4ccc(F)cc4)c3C=C1CC[C@@H](S(=O)(=O)Cc1ccccc1)C2. The molecule has 0 N–H and O–H groups in total. The van der Waals surface area contributed by atoms with E-state index >= 15 is 0 Å². The highest BCUT2D eigenvalue weighted by atomic mass is 32.2. The molecular weight excluding hydrogens is 501 g/mol. The molecule has 0 aliphatic heterocycles. The number of carbonyl (C=O) groups is 1. The molecule has 0 spiro atoms. The van der Waals surface area contributed by atoms with E-state index < -0.39 is 20.5 Å². The molecule has 6 rings (SSSR count). The third-order valence-corrected chi connectivity index (χ3v) is 9.89. The van der Waals surface area contributed by atoms with Crippen LogP contribution in [0, 0.1) is 11.2 Å². The lowest BCUT2D eigenvalue weighted by Crippen LogP contribution is -2.46. The summed E-state index contributed by atoms with van der Waals surface area (Å²) in [5.41, 5.74) is 3.34. The minimum atomic E-state index is -3.52. The molecule has 1 saturated carbocycles. The number of hydrogen-bond donors (Lipinski definition) is 0. The maximum Gasteiger partial charge on any atom is 0.191 e. The van der Waals surface area contributed by atoms with E-state index in [1.54, 1.807) is 47.4 Å². The summed E-state index contributed by atoms with van der Waals surface area (Å²) in [5.74, 6) is -0.550. The first-order valence-corrected chi connectivity index (χ1v) is 14.3. The fraction of sp³-hybridized carbons (Fsp3) is 0.233. The van der Waals surface area contributed by atoms with Crippen molar-refractivity contribution in [2.24, 2.45) is 5.41 Å². The molecular formula is C30H26FN3O3S. The Labute approximate surface area is 220 Å². The zero-order chi connectivity index (χ0) is 26.3. The van der Waals surface area contributed by atoms with Crippen LogP contribution < -0.4 is 0 Å². The van der Waals surface area contributed by atoms with Gasteiger partial charge >= 0.3 is 0 Å². The lowest BCUT2D eigenvalue weighted by Gasteiger charge is -2.43. The van der Waals surface area contributed by atoms with Gasteiger partial charge in [-0.1, -0.05) is 42.0 Å². The van der Waals surface area contributed by atoms with Crippen molar-refractivity contribution >= 4 is 21.7 Å². The maximum absolute atomic E-state index is 14.1. The van der Waals surface area contributed by atoms with Crippen LogP contribution in [0.15, 0.2) is 90.8 Å². The summed E-state index contributed by atoms with van der Waals surface area (Å²) in [5, 5.41) is 3.90. The van der Waals surface area contributed by atoms with E-state index in [0.717, 1.165) is 22.4 Å². The van der Waals surface area contributed by atoms with E-state index in [1.807, 2.05) is 36.4 Å². The number of Topliss-reactive ketones (excluding diaryl/α,β-unsaturated/α-hetero) is 1. The van der Waals surface area contributed by atoms with E-state index in [4.69, 9.17) is 0 Å². The summed E-state index contributed by atoms with van der Waals surface area (Å²) in [6.07, 6.45) is 6.74. The quantitative estimate of drug-likeness (QED) is 0.315. The van der Waals surface area contributed by atoms with Gasteiger partial charge in [0, 0.05) is 6.20 Å². The number of aromatic nitrogens is 3. The molecule has 2 aromatic carbocycles. The van der Waals surface area contributed by atoms with Gasteiger partial charge in [0.1, 0.15) is 11.5 Å². The average Bonchev–Trinajstić information content (AvgIpc) is 3.34. The average molecular weight is 528 g/mol. The Bertz CT molecular complexity index is 1630. The summed E-state index contributed by atoms with van der Waals surface area (Å²) < 4.78 is 42.5. The van der Waals surface area contributed by atoms with Gasteiger partial charge in [0.05, 0.1) is 34.0 Å². The lowest BCUT2D eigenvalue weighted by atomic mass is 9.61. The van der Waals surface area contributed by atoms with Crippen LogP contribution in [0.25, 0.3) is 11.8 Å². The Kier molecular flexibility index (Phi) is 6.07. The molecule has 6 nitrogen and oxygen atoms in total. The van der Waals surface area contributed by atoms with Crippen molar-refractivity contribution in [3.8, 4) is 5.69 Å². The van der Waals surface area contributed by atoms with E-state index in [-0.39, 0.29) is 23.8 Å². The lowest BCUT2D eigenvalue weighted by molar-refractivity contribution is 0.0796.